The molecule has 0 aliphatic carbocycles. The van der Waals surface area contributed by atoms with Crippen molar-refractivity contribution in [1.82, 2.24) is 10.2 Å². The van der Waals surface area contributed by atoms with Crippen LogP contribution in [0.2, 0.25) is 0 Å². The highest BCUT2D eigenvalue weighted by Gasteiger charge is 2.18. The fraction of sp³-hybridized carbons (Fsp3) is 0.625. The predicted molar refractivity (Wildman–Crippen MR) is 81.3 cm³/mol. The quantitative estimate of drug-likeness (QED) is 0.860. The van der Waals surface area contributed by atoms with Gasteiger partial charge in [0.25, 0.3) is 0 Å². The van der Waals surface area contributed by atoms with E-state index < -0.39 is 0 Å². The number of aryl methyl sites for hydroxylation is 1. The van der Waals surface area contributed by atoms with Crippen LogP contribution in [0.5, 0.6) is 5.75 Å². The van der Waals surface area contributed by atoms with Gasteiger partial charge in [-0.25, -0.2) is 0 Å². The van der Waals surface area contributed by atoms with Crippen LogP contribution in [0.4, 0.5) is 0 Å². The number of ether oxygens (including phenoxy) is 2. The summed E-state index contributed by atoms with van der Waals surface area (Å²) in [5.41, 5.74) is 2.46. The molecule has 0 spiro atoms. The van der Waals surface area contributed by atoms with Crippen LogP contribution in [0.1, 0.15) is 18.1 Å². The zero-order chi connectivity index (χ0) is 14.4. The molecule has 1 saturated heterocycles. The molecule has 1 aliphatic heterocycles. The molecule has 0 bridgehead atoms. The monoisotopic (exact) mass is 278 g/mol. The Morgan fingerprint density at radius 1 is 1.45 bits per heavy atom. The van der Waals surface area contributed by atoms with Crippen molar-refractivity contribution < 1.29 is 9.47 Å². The second-order valence-electron chi connectivity index (χ2n) is 5.32. The molecular formula is C16H26N2O2. The van der Waals surface area contributed by atoms with Crippen LogP contribution < -0.4 is 10.1 Å². The van der Waals surface area contributed by atoms with Gasteiger partial charge in [0.2, 0.25) is 0 Å². The molecule has 1 aromatic rings. The Hall–Kier alpha value is -1.10. The largest absolute Gasteiger partial charge is 0.496 e. The van der Waals surface area contributed by atoms with Crippen molar-refractivity contribution in [3.05, 3.63) is 29.3 Å². The van der Waals surface area contributed by atoms with E-state index in [-0.39, 0.29) is 0 Å². The molecule has 0 radical (unpaired) electrons. The second kappa shape index (κ2) is 7.62. The van der Waals surface area contributed by atoms with Crippen LogP contribution >= 0.6 is 0 Å². The number of morpholine rings is 1. The number of nitrogens with zero attached hydrogens (tertiary/aromatic N) is 1. The zero-order valence-corrected chi connectivity index (χ0v) is 12.8. The smallest absolute Gasteiger partial charge is 0.121 e. The fourth-order valence-corrected chi connectivity index (χ4v) is 2.62. The molecule has 1 heterocycles. The molecule has 4 nitrogen and oxygen atoms in total. The average molecular weight is 278 g/mol. The molecule has 4 heteroatoms. The maximum atomic E-state index is 5.78. The van der Waals surface area contributed by atoms with Crippen LogP contribution in [-0.4, -0.2) is 50.9 Å². The third-order valence-electron chi connectivity index (χ3n) is 3.83. The number of hydrogen-bond acceptors (Lipinski definition) is 4. The van der Waals surface area contributed by atoms with Gasteiger partial charge in [0.15, 0.2) is 0 Å². The van der Waals surface area contributed by atoms with Gasteiger partial charge in [0, 0.05) is 26.2 Å². The van der Waals surface area contributed by atoms with E-state index in [9.17, 15) is 0 Å². The van der Waals surface area contributed by atoms with E-state index in [1.165, 1.54) is 11.1 Å². The topological polar surface area (TPSA) is 33.7 Å². The summed E-state index contributed by atoms with van der Waals surface area (Å²) in [4.78, 5) is 2.44. The summed E-state index contributed by atoms with van der Waals surface area (Å²) < 4.78 is 11.1. The number of nitrogens with one attached hydrogen (secondary N) is 1. The number of rotatable bonds is 6. The molecular weight excluding hydrogens is 252 g/mol. The lowest BCUT2D eigenvalue weighted by Crippen LogP contribution is -2.46. The standard InChI is InChI=1S/C16H26N2O2/c1-4-18-7-8-20-15(12-18)11-17-10-14-5-6-16(19-3)13(2)9-14/h5-6,9,15,17H,4,7-8,10-12H2,1-3H3/t15-/m0/s1. The van der Waals surface area contributed by atoms with Gasteiger partial charge in [0.1, 0.15) is 5.75 Å². The third-order valence-corrected chi connectivity index (χ3v) is 3.83. The number of hydrogen-bond donors (Lipinski definition) is 1. The maximum absolute atomic E-state index is 5.78. The summed E-state index contributed by atoms with van der Waals surface area (Å²) in [6, 6.07) is 6.31. The van der Waals surface area contributed by atoms with Gasteiger partial charge in [-0.1, -0.05) is 19.1 Å². The van der Waals surface area contributed by atoms with Crippen molar-refractivity contribution in [2.24, 2.45) is 0 Å². The van der Waals surface area contributed by atoms with Crippen LogP contribution in [-0.2, 0) is 11.3 Å². The van der Waals surface area contributed by atoms with Crippen molar-refractivity contribution in [1.29, 1.82) is 0 Å². The Morgan fingerprint density at radius 2 is 2.30 bits per heavy atom. The molecule has 112 valence electrons. The minimum atomic E-state index is 0.308. The molecule has 0 unspecified atom stereocenters. The van der Waals surface area contributed by atoms with Crippen LogP contribution in [0.25, 0.3) is 0 Å². The lowest BCUT2D eigenvalue weighted by Gasteiger charge is -2.32. The highest BCUT2D eigenvalue weighted by molar-refractivity contribution is 5.36. The lowest BCUT2D eigenvalue weighted by atomic mass is 10.1. The number of methoxy groups -OCH3 is 1. The highest BCUT2D eigenvalue weighted by Crippen LogP contribution is 2.18. The molecule has 0 amide bonds. The van der Waals surface area contributed by atoms with Gasteiger partial charge in [-0.05, 0) is 30.7 Å². The first-order valence-electron chi connectivity index (χ1n) is 7.41. The Kier molecular flexibility index (Phi) is 5.83. The van der Waals surface area contributed by atoms with Crippen molar-refractivity contribution in [2.75, 3.05) is 39.9 Å². The molecule has 0 saturated carbocycles. The van der Waals surface area contributed by atoms with Gasteiger partial charge in [-0.15, -0.1) is 0 Å². The van der Waals surface area contributed by atoms with E-state index >= 15 is 0 Å². The lowest BCUT2D eigenvalue weighted by molar-refractivity contribution is -0.0253. The van der Waals surface area contributed by atoms with Crippen molar-refractivity contribution in [3.63, 3.8) is 0 Å². The first-order chi connectivity index (χ1) is 9.72. The molecule has 1 aromatic carbocycles. The predicted octanol–water partition coefficient (Wildman–Crippen LogP) is 1.81. The maximum Gasteiger partial charge on any atom is 0.121 e. The molecule has 1 N–H and O–H groups in total. The van der Waals surface area contributed by atoms with Gasteiger partial charge < -0.3 is 14.8 Å². The van der Waals surface area contributed by atoms with E-state index in [1.807, 2.05) is 6.07 Å². The van der Waals surface area contributed by atoms with E-state index in [4.69, 9.17) is 9.47 Å². The second-order valence-corrected chi connectivity index (χ2v) is 5.32. The molecule has 1 aliphatic rings. The van der Waals surface area contributed by atoms with E-state index in [0.29, 0.717) is 6.10 Å². The summed E-state index contributed by atoms with van der Waals surface area (Å²) in [6.07, 6.45) is 0.308. The average Bonchev–Trinajstić information content (AvgIpc) is 2.48. The molecule has 1 fully saturated rings. The summed E-state index contributed by atoms with van der Waals surface area (Å²) in [5.74, 6) is 0.947. The fourth-order valence-electron chi connectivity index (χ4n) is 2.62. The first-order valence-corrected chi connectivity index (χ1v) is 7.41. The third kappa shape index (κ3) is 4.20. The van der Waals surface area contributed by atoms with E-state index in [2.05, 4.69) is 36.2 Å². The first kappa shape index (κ1) is 15.3. The van der Waals surface area contributed by atoms with Gasteiger partial charge >= 0.3 is 0 Å². The van der Waals surface area contributed by atoms with Gasteiger partial charge in [-0.3, -0.25) is 4.90 Å². The van der Waals surface area contributed by atoms with Crippen LogP contribution in [0.3, 0.4) is 0 Å². The molecule has 1 atom stereocenters. The minimum absolute atomic E-state index is 0.308. The summed E-state index contributed by atoms with van der Waals surface area (Å²) in [7, 11) is 1.71. The highest BCUT2D eigenvalue weighted by atomic mass is 16.5. The van der Waals surface area contributed by atoms with Crippen molar-refractivity contribution in [3.8, 4) is 5.75 Å². The number of benzene rings is 1. The van der Waals surface area contributed by atoms with Gasteiger partial charge in [0.05, 0.1) is 19.8 Å². The van der Waals surface area contributed by atoms with Crippen LogP contribution in [0, 0.1) is 6.92 Å². The molecule has 0 aromatic heterocycles. The van der Waals surface area contributed by atoms with E-state index in [0.717, 1.165) is 45.1 Å². The normalized spacial score (nSPS) is 20.1. The van der Waals surface area contributed by atoms with Gasteiger partial charge in [-0.2, -0.15) is 0 Å². The van der Waals surface area contributed by atoms with Crippen LogP contribution in [0.15, 0.2) is 18.2 Å². The zero-order valence-electron chi connectivity index (χ0n) is 12.8. The number of likely N-dealkylation sites (N-methyl/N-ethyl adjacent to an activating group) is 1. The minimum Gasteiger partial charge on any atom is -0.496 e. The SMILES string of the molecule is CCN1CCO[C@@H](CNCc2ccc(OC)c(C)c2)C1. The Morgan fingerprint density at radius 3 is 3.00 bits per heavy atom. The summed E-state index contributed by atoms with van der Waals surface area (Å²) in [5, 5.41) is 3.49. The molecule has 20 heavy (non-hydrogen) atoms. The Balaban J connectivity index is 1.76. The van der Waals surface area contributed by atoms with Crippen molar-refractivity contribution >= 4 is 0 Å². The summed E-state index contributed by atoms with van der Waals surface area (Å²) in [6.45, 7) is 10.1. The summed E-state index contributed by atoms with van der Waals surface area (Å²) >= 11 is 0. The van der Waals surface area contributed by atoms with Crippen molar-refractivity contribution in [2.45, 2.75) is 26.5 Å². The van der Waals surface area contributed by atoms with E-state index in [1.54, 1.807) is 7.11 Å². The Labute approximate surface area is 122 Å². The molecule has 2 rings (SSSR count). The Bertz CT molecular complexity index is 423.